The van der Waals surface area contributed by atoms with E-state index in [4.69, 9.17) is 23.2 Å². The molecule has 0 radical (unpaired) electrons. The predicted octanol–water partition coefficient (Wildman–Crippen LogP) is 2.57. The molecule has 0 saturated carbocycles. The van der Waals surface area contributed by atoms with Gasteiger partial charge in [0, 0.05) is 24.2 Å². The van der Waals surface area contributed by atoms with Gasteiger partial charge in [0.25, 0.3) is 5.24 Å². The Morgan fingerprint density at radius 3 is 2.50 bits per heavy atom. The normalized spacial score (nSPS) is 10.1. The summed E-state index contributed by atoms with van der Waals surface area (Å²) in [6.07, 6.45) is 4.54. The first-order valence-corrected chi connectivity index (χ1v) is 5.07. The fourth-order valence-corrected chi connectivity index (χ4v) is 1.53. The van der Waals surface area contributed by atoms with Crippen molar-refractivity contribution in [2.75, 3.05) is 0 Å². The van der Waals surface area contributed by atoms with Crippen LogP contribution >= 0.6 is 23.2 Å². The lowest BCUT2D eigenvalue weighted by atomic mass is 10.2. The number of carbonyl (C=O) groups excluding carboxylic acids is 1. The maximum atomic E-state index is 10.9. The van der Waals surface area contributed by atoms with E-state index in [0.717, 1.165) is 5.56 Å². The first kappa shape index (κ1) is 11.0. The van der Waals surface area contributed by atoms with Gasteiger partial charge in [-0.1, -0.05) is 11.6 Å². The second-order valence-corrected chi connectivity index (χ2v) is 3.61. The number of hydrogen-bond acceptors (Lipinski definition) is 4. The Balaban J connectivity index is 2.46. The zero-order chi connectivity index (χ0) is 11.5. The summed E-state index contributed by atoms with van der Waals surface area (Å²) >= 11 is 11.1. The highest BCUT2D eigenvalue weighted by molar-refractivity contribution is 6.68. The second kappa shape index (κ2) is 4.55. The van der Waals surface area contributed by atoms with E-state index in [0.29, 0.717) is 5.82 Å². The molecule has 16 heavy (non-hydrogen) atoms. The summed E-state index contributed by atoms with van der Waals surface area (Å²) < 4.78 is 0. The summed E-state index contributed by atoms with van der Waals surface area (Å²) in [7, 11) is 0. The molecule has 0 aliphatic carbocycles. The fraction of sp³-hybridized carbons (Fsp3) is 0. The van der Waals surface area contributed by atoms with Crippen LogP contribution in [0, 0.1) is 0 Å². The number of rotatable bonds is 2. The van der Waals surface area contributed by atoms with Crippen molar-refractivity contribution < 1.29 is 4.79 Å². The lowest BCUT2D eigenvalue weighted by Gasteiger charge is -2.01. The van der Waals surface area contributed by atoms with E-state index in [9.17, 15) is 4.79 Å². The van der Waals surface area contributed by atoms with E-state index in [-0.39, 0.29) is 10.7 Å². The molecule has 0 fully saturated rings. The summed E-state index contributed by atoms with van der Waals surface area (Å²) in [5, 5.41) is -0.631. The molecule has 6 heteroatoms. The molecule has 0 aliphatic rings. The number of carbonyl (C=O) groups is 1. The van der Waals surface area contributed by atoms with Crippen LogP contribution < -0.4 is 0 Å². The number of pyridine rings is 1. The Morgan fingerprint density at radius 2 is 1.94 bits per heavy atom. The molecule has 80 valence electrons. The average Bonchev–Trinajstić information content (AvgIpc) is 2.29. The molecule has 0 amide bonds. The Hall–Kier alpha value is -1.52. The van der Waals surface area contributed by atoms with Crippen molar-refractivity contribution in [2.24, 2.45) is 0 Å². The third-order valence-electron chi connectivity index (χ3n) is 1.89. The average molecular weight is 254 g/mol. The van der Waals surface area contributed by atoms with E-state index >= 15 is 0 Å². The standard InChI is InChI=1S/C10H5Cl2N3O/c11-8-7(9(12)16)5-14-10(15-8)6-1-3-13-4-2-6/h1-5H. The van der Waals surface area contributed by atoms with Gasteiger partial charge in [-0.05, 0) is 23.7 Å². The zero-order valence-corrected chi connectivity index (χ0v) is 9.40. The van der Waals surface area contributed by atoms with Crippen LogP contribution in [-0.2, 0) is 0 Å². The van der Waals surface area contributed by atoms with Crippen molar-refractivity contribution >= 4 is 28.4 Å². The van der Waals surface area contributed by atoms with Crippen LogP contribution in [0.25, 0.3) is 11.4 Å². The maximum Gasteiger partial charge on any atom is 0.257 e. The highest BCUT2D eigenvalue weighted by Crippen LogP contribution is 2.19. The minimum Gasteiger partial charge on any atom is -0.275 e. The van der Waals surface area contributed by atoms with Gasteiger partial charge in [0.15, 0.2) is 5.82 Å². The van der Waals surface area contributed by atoms with Crippen LogP contribution in [0.5, 0.6) is 0 Å². The van der Waals surface area contributed by atoms with E-state index in [1.165, 1.54) is 6.20 Å². The van der Waals surface area contributed by atoms with Gasteiger partial charge in [-0.25, -0.2) is 9.97 Å². The summed E-state index contributed by atoms with van der Waals surface area (Å²) in [6.45, 7) is 0. The molecule has 2 rings (SSSR count). The molecule has 0 spiro atoms. The topological polar surface area (TPSA) is 55.7 Å². The first-order chi connectivity index (χ1) is 7.68. The smallest absolute Gasteiger partial charge is 0.257 e. The van der Waals surface area contributed by atoms with Gasteiger partial charge >= 0.3 is 0 Å². The Labute approximate surface area is 101 Å². The number of halogens is 2. The van der Waals surface area contributed by atoms with Crippen molar-refractivity contribution in [2.45, 2.75) is 0 Å². The highest BCUT2D eigenvalue weighted by atomic mass is 35.5. The van der Waals surface area contributed by atoms with Gasteiger partial charge in [-0.3, -0.25) is 9.78 Å². The Morgan fingerprint density at radius 1 is 1.25 bits per heavy atom. The maximum absolute atomic E-state index is 10.9. The molecule has 2 aromatic heterocycles. The van der Waals surface area contributed by atoms with Gasteiger partial charge in [0.1, 0.15) is 5.15 Å². The molecule has 0 bridgehead atoms. The lowest BCUT2D eigenvalue weighted by molar-refractivity contribution is 0.108. The Bertz CT molecular complexity index is 531. The first-order valence-electron chi connectivity index (χ1n) is 4.31. The van der Waals surface area contributed by atoms with E-state index in [2.05, 4.69) is 15.0 Å². The van der Waals surface area contributed by atoms with E-state index in [1.54, 1.807) is 24.5 Å². The van der Waals surface area contributed by atoms with Crippen LogP contribution in [0.3, 0.4) is 0 Å². The third kappa shape index (κ3) is 2.18. The molecule has 0 aliphatic heterocycles. The largest absolute Gasteiger partial charge is 0.275 e. The summed E-state index contributed by atoms with van der Waals surface area (Å²) in [6, 6.07) is 3.49. The Kier molecular flexibility index (Phi) is 3.12. The van der Waals surface area contributed by atoms with Crippen LogP contribution in [0.4, 0.5) is 0 Å². The van der Waals surface area contributed by atoms with E-state index < -0.39 is 5.24 Å². The molecule has 2 aromatic rings. The van der Waals surface area contributed by atoms with Gasteiger partial charge < -0.3 is 0 Å². The van der Waals surface area contributed by atoms with E-state index in [1.807, 2.05) is 0 Å². The van der Waals surface area contributed by atoms with Crippen LogP contribution in [-0.4, -0.2) is 20.2 Å². The molecule has 0 N–H and O–H groups in total. The molecule has 2 heterocycles. The van der Waals surface area contributed by atoms with Crippen LogP contribution in [0.1, 0.15) is 10.4 Å². The van der Waals surface area contributed by atoms with Gasteiger partial charge in [0.2, 0.25) is 0 Å². The van der Waals surface area contributed by atoms with Crippen molar-refractivity contribution in [3.05, 3.63) is 41.4 Å². The monoisotopic (exact) mass is 253 g/mol. The van der Waals surface area contributed by atoms with Gasteiger partial charge in [0.05, 0.1) is 5.56 Å². The van der Waals surface area contributed by atoms with Crippen molar-refractivity contribution in [3.63, 3.8) is 0 Å². The minimum absolute atomic E-state index is 0.0433. The molecular weight excluding hydrogens is 249 g/mol. The molecule has 0 aromatic carbocycles. The van der Waals surface area contributed by atoms with Crippen molar-refractivity contribution in [3.8, 4) is 11.4 Å². The SMILES string of the molecule is O=C(Cl)c1cnc(-c2ccncc2)nc1Cl. The van der Waals surface area contributed by atoms with Crippen molar-refractivity contribution in [1.29, 1.82) is 0 Å². The molecule has 0 unspecified atom stereocenters. The number of hydrogen-bond donors (Lipinski definition) is 0. The second-order valence-electron chi connectivity index (χ2n) is 2.91. The summed E-state index contributed by atoms with van der Waals surface area (Å²) in [5.74, 6) is 0.425. The number of nitrogens with zero attached hydrogens (tertiary/aromatic N) is 3. The van der Waals surface area contributed by atoms with Gasteiger partial charge in [-0.15, -0.1) is 0 Å². The fourth-order valence-electron chi connectivity index (χ4n) is 1.13. The molecule has 4 nitrogen and oxygen atoms in total. The number of aromatic nitrogens is 3. The van der Waals surface area contributed by atoms with Gasteiger partial charge in [-0.2, -0.15) is 0 Å². The quantitative estimate of drug-likeness (QED) is 0.610. The lowest BCUT2D eigenvalue weighted by Crippen LogP contribution is -1.97. The predicted molar refractivity (Wildman–Crippen MR) is 60.5 cm³/mol. The molecule has 0 atom stereocenters. The summed E-state index contributed by atoms with van der Waals surface area (Å²) in [4.78, 5) is 22.8. The third-order valence-corrected chi connectivity index (χ3v) is 2.38. The van der Waals surface area contributed by atoms with Crippen LogP contribution in [0.15, 0.2) is 30.7 Å². The zero-order valence-electron chi connectivity index (χ0n) is 7.89. The molecule has 0 saturated heterocycles. The minimum atomic E-state index is -0.675. The van der Waals surface area contributed by atoms with Crippen molar-refractivity contribution in [1.82, 2.24) is 15.0 Å². The molecular formula is C10H5Cl2N3O. The van der Waals surface area contributed by atoms with Crippen LogP contribution in [0.2, 0.25) is 5.15 Å². The summed E-state index contributed by atoms with van der Waals surface area (Å²) in [5.41, 5.74) is 0.867. The highest BCUT2D eigenvalue weighted by Gasteiger charge is 2.11.